The summed E-state index contributed by atoms with van der Waals surface area (Å²) in [6.07, 6.45) is 0.675. The fourth-order valence-corrected chi connectivity index (χ4v) is 3.77. The highest BCUT2D eigenvalue weighted by Crippen LogP contribution is 2.27. The summed E-state index contributed by atoms with van der Waals surface area (Å²) in [4.78, 5) is 10.9. The highest BCUT2D eigenvalue weighted by molar-refractivity contribution is 9.10. The van der Waals surface area contributed by atoms with Crippen molar-refractivity contribution in [1.29, 1.82) is 0 Å². The van der Waals surface area contributed by atoms with Crippen LogP contribution in [-0.2, 0) is 9.84 Å². The second kappa shape index (κ2) is 5.04. The minimum atomic E-state index is -3.56. The maximum Gasteiger partial charge on any atom is 0.207 e. The van der Waals surface area contributed by atoms with Crippen LogP contribution in [0.25, 0.3) is 0 Å². The highest BCUT2D eigenvalue weighted by atomic mass is 79.9. The Morgan fingerprint density at radius 1 is 0.944 bits per heavy atom. The van der Waals surface area contributed by atoms with Gasteiger partial charge < -0.3 is 0 Å². The van der Waals surface area contributed by atoms with E-state index in [0.29, 0.717) is 16.3 Å². The molecular weight excluding hydrogens is 316 g/mol. The minimum Gasteiger partial charge on any atom is -0.298 e. The van der Waals surface area contributed by atoms with E-state index < -0.39 is 9.84 Å². The van der Waals surface area contributed by atoms with Crippen LogP contribution in [0.3, 0.4) is 0 Å². The summed E-state index contributed by atoms with van der Waals surface area (Å²) in [6, 6.07) is 12.4. The summed E-state index contributed by atoms with van der Waals surface area (Å²) in [5.41, 5.74) is 0.445. The van der Waals surface area contributed by atoms with E-state index in [1.54, 1.807) is 18.2 Å². The van der Waals surface area contributed by atoms with Gasteiger partial charge >= 0.3 is 0 Å². The molecule has 92 valence electrons. The van der Waals surface area contributed by atoms with Gasteiger partial charge in [-0.25, -0.2) is 8.42 Å². The van der Waals surface area contributed by atoms with Crippen molar-refractivity contribution in [1.82, 2.24) is 0 Å². The van der Waals surface area contributed by atoms with Gasteiger partial charge in [-0.1, -0.05) is 24.3 Å². The van der Waals surface area contributed by atoms with E-state index in [-0.39, 0.29) is 9.79 Å². The third-order valence-corrected chi connectivity index (χ3v) is 5.23. The van der Waals surface area contributed by atoms with Crippen molar-refractivity contribution in [2.24, 2.45) is 0 Å². The smallest absolute Gasteiger partial charge is 0.207 e. The SMILES string of the molecule is O=Cc1ccc(S(=O)(=O)c2ccccc2Br)cc1. The van der Waals surface area contributed by atoms with Gasteiger partial charge in [-0.05, 0) is 40.2 Å². The molecule has 0 spiro atoms. The van der Waals surface area contributed by atoms with E-state index in [4.69, 9.17) is 0 Å². The topological polar surface area (TPSA) is 51.2 Å². The molecule has 2 aromatic carbocycles. The number of aldehydes is 1. The van der Waals surface area contributed by atoms with E-state index in [9.17, 15) is 13.2 Å². The Hall–Kier alpha value is -1.46. The lowest BCUT2D eigenvalue weighted by molar-refractivity contribution is 0.112. The molecule has 0 bridgehead atoms. The molecule has 18 heavy (non-hydrogen) atoms. The van der Waals surface area contributed by atoms with Crippen molar-refractivity contribution >= 4 is 32.1 Å². The number of hydrogen-bond acceptors (Lipinski definition) is 3. The van der Waals surface area contributed by atoms with Crippen molar-refractivity contribution in [2.75, 3.05) is 0 Å². The van der Waals surface area contributed by atoms with Crippen LogP contribution < -0.4 is 0 Å². The summed E-state index contributed by atoms with van der Waals surface area (Å²) >= 11 is 3.22. The normalized spacial score (nSPS) is 11.2. The molecule has 2 aromatic rings. The van der Waals surface area contributed by atoms with Gasteiger partial charge in [-0.15, -0.1) is 0 Å². The van der Waals surface area contributed by atoms with Crippen molar-refractivity contribution in [3.63, 3.8) is 0 Å². The van der Waals surface area contributed by atoms with Crippen LogP contribution in [0.15, 0.2) is 62.8 Å². The molecule has 0 aliphatic carbocycles. The zero-order valence-corrected chi connectivity index (χ0v) is 11.6. The molecule has 0 aliphatic heterocycles. The predicted molar refractivity (Wildman–Crippen MR) is 71.4 cm³/mol. The molecule has 2 rings (SSSR count). The minimum absolute atomic E-state index is 0.167. The molecule has 0 amide bonds. The van der Waals surface area contributed by atoms with Gasteiger partial charge in [0.05, 0.1) is 9.79 Å². The number of sulfone groups is 1. The molecule has 0 saturated carbocycles. The standard InChI is InChI=1S/C13H9BrO3S/c14-12-3-1-2-4-13(12)18(16,17)11-7-5-10(9-15)6-8-11/h1-9H. The number of halogens is 1. The maximum atomic E-state index is 12.3. The van der Waals surface area contributed by atoms with Gasteiger partial charge in [-0.3, -0.25) is 4.79 Å². The largest absolute Gasteiger partial charge is 0.298 e. The van der Waals surface area contributed by atoms with Gasteiger partial charge in [0.15, 0.2) is 0 Å². The number of carbonyl (C=O) groups is 1. The van der Waals surface area contributed by atoms with E-state index in [2.05, 4.69) is 15.9 Å². The van der Waals surface area contributed by atoms with Crippen molar-refractivity contribution < 1.29 is 13.2 Å². The summed E-state index contributed by atoms with van der Waals surface area (Å²) < 4.78 is 25.2. The van der Waals surface area contributed by atoms with Gasteiger partial charge in [0.1, 0.15) is 6.29 Å². The van der Waals surface area contributed by atoms with Crippen LogP contribution in [-0.4, -0.2) is 14.7 Å². The molecule has 3 nitrogen and oxygen atoms in total. The fraction of sp³-hybridized carbons (Fsp3) is 0. The Morgan fingerprint density at radius 3 is 2.11 bits per heavy atom. The average molecular weight is 325 g/mol. The first-order valence-electron chi connectivity index (χ1n) is 5.10. The third-order valence-electron chi connectivity index (χ3n) is 2.45. The van der Waals surface area contributed by atoms with Crippen LogP contribution in [0.4, 0.5) is 0 Å². The first-order valence-corrected chi connectivity index (χ1v) is 7.38. The molecule has 0 fully saturated rings. The third kappa shape index (κ3) is 2.37. The van der Waals surface area contributed by atoms with E-state index in [1.165, 1.54) is 30.3 Å². The highest BCUT2D eigenvalue weighted by Gasteiger charge is 2.19. The number of rotatable bonds is 3. The Kier molecular flexibility index (Phi) is 3.63. The molecule has 0 radical (unpaired) electrons. The van der Waals surface area contributed by atoms with Crippen molar-refractivity contribution in [3.8, 4) is 0 Å². The van der Waals surface area contributed by atoms with Crippen LogP contribution in [0, 0.1) is 0 Å². The zero-order chi connectivity index (χ0) is 13.2. The lowest BCUT2D eigenvalue weighted by Gasteiger charge is -2.06. The Labute approximate surface area is 114 Å². The number of benzene rings is 2. The quantitative estimate of drug-likeness (QED) is 0.815. The summed E-state index contributed by atoms with van der Waals surface area (Å²) in [5.74, 6) is 0. The molecule has 0 N–H and O–H groups in total. The molecule has 0 aromatic heterocycles. The van der Waals surface area contributed by atoms with Gasteiger partial charge in [-0.2, -0.15) is 0 Å². The summed E-state index contributed by atoms with van der Waals surface area (Å²) in [6.45, 7) is 0. The summed E-state index contributed by atoms with van der Waals surface area (Å²) in [5, 5.41) is 0. The first kappa shape index (κ1) is 13.0. The average Bonchev–Trinajstić information content (AvgIpc) is 2.39. The molecule has 0 saturated heterocycles. The molecule has 5 heteroatoms. The lowest BCUT2D eigenvalue weighted by atomic mass is 10.2. The molecule has 0 atom stereocenters. The Bertz CT molecular complexity index is 676. The fourth-order valence-electron chi connectivity index (χ4n) is 1.52. The number of carbonyl (C=O) groups excluding carboxylic acids is 1. The second-order valence-electron chi connectivity index (χ2n) is 3.62. The molecule has 0 unspecified atom stereocenters. The first-order chi connectivity index (χ1) is 8.55. The zero-order valence-electron chi connectivity index (χ0n) is 9.21. The Balaban J connectivity index is 2.55. The van der Waals surface area contributed by atoms with E-state index >= 15 is 0 Å². The van der Waals surface area contributed by atoms with Crippen LogP contribution in [0.5, 0.6) is 0 Å². The molecule has 0 aliphatic rings. The van der Waals surface area contributed by atoms with E-state index in [0.717, 1.165) is 0 Å². The number of hydrogen-bond donors (Lipinski definition) is 0. The molecular formula is C13H9BrO3S. The lowest BCUT2D eigenvalue weighted by Crippen LogP contribution is -2.02. The van der Waals surface area contributed by atoms with Crippen molar-refractivity contribution in [3.05, 3.63) is 58.6 Å². The van der Waals surface area contributed by atoms with Crippen LogP contribution in [0.2, 0.25) is 0 Å². The van der Waals surface area contributed by atoms with Crippen LogP contribution in [0.1, 0.15) is 10.4 Å². The van der Waals surface area contributed by atoms with Gasteiger partial charge in [0, 0.05) is 10.0 Å². The Morgan fingerprint density at radius 2 is 1.56 bits per heavy atom. The van der Waals surface area contributed by atoms with Crippen LogP contribution >= 0.6 is 15.9 Å². The van der Waals surface area contributed by atoms with Crippen molar-refractivity contribution in [2.45, 2.75) is 9.79 Å². The second-order valence-corrected chi connectivity index (χ2v) is 6.39. The van der Waals surface area contributed by atoms with Gasteiger partial charge in [0.2, 0.25) is 9.84 Å². The van der Waals surface area contributed by atoms with E-state index in [1.807, 2.05) is 0 Å². The maximum absolute atomic E-state index is 12.3. The molecule has 0 heterocycles. The predicted octanol–water partition coefficient (Wildman–Crippen LogP) is 3.09. The monoisotopic (exact) mass is 324 g/mol. The summed E-state index contributed by atoms with van der Waals surface area (Å²) in [7, 11) is -3.56. The van der Waals surface area contributed by atoms with Gasteiger partial charge in [0.25, 0.3) is 0 Å².